The zero-order valence-corrected chi connectivity index (χ0v) is 11.4. The molecule has 0 spiro atoms. The molecule has 1 nitrogen and oxygen atoms in total. The summed E-state index contributed by atoms with van der Waals surface area (Å²) in [4.78, 5) is 0. The summed E-state index contributed by atoms with van der Waals surface area (Å²) in [6, 6.07) is 17.0. The van der Waals surface area contributed by atoms with Gasteiger partial charge in [0.15, 0.2) is 0 Å². The maximum Gasteiger partial charge on any atom is 0.0400 e. The van der Waals surface area contributed by atoms with Gasteiger partial charge >= 0.3 is 0 Å². The smallest absolute Gasteiger partial charge is 0.0400 e. The van der Waals surface area contributed by atoms with Gasteiger partial charge < -0.3 is 5.32 Å². The van der Waals surface area contributed by atoms with Gasteiger partial charge in [-0.1, -0.05) is 29.8 Å². The van der Waals surface area contributed by atoms with E-state index in [-0.39, 0.29) is 0 Å². The number of anilines is 1. The van der Waals surface area contributed by atoms with E-state index in [4.69, 9.17) is 0 Å². The molecular weight excluding hydrogens is 309 g/mol. The normalized spacial score (nSPS) is 10.1. The molecule has 0 aliphatic rings. The molecule has 0 saturated heterocycles. The van der Waals surface area contributed by atoms with Crippen LogP contribution in [0.4, 0.5) is 5.69 Å². The molecule has 2 aromatic rings. The highest BCUT2D eigenvalue weighted by Gasteiger charge is 1.94. The fraction of sp³-hybridized carbons (Fsp3) is 0.143. The van der Waals surface area contributed by atoms with Gasteiger partial charge in [0.05, 0.1) is 0 Å². The summed E-state index contributed by atoms with van der Waals surface area (Å²) in [6.07, 6.45) is 0. The van der Waals surface area contributed by atoms with Gasteiger partial charge in [0.2, 0.25) is 0 Å². The minimum Gasteiger partial charge on any atom is -0.381 e. The summed E-state index contributed by atoms with van der Waals surface area (Å²) >= 11 is 2.31. The second kappa shape index (κ2) is 5.34. The van der Waals surface area contributed by atoms with Gasteiger partial charge in [-0.15, -0.1) is 0 Å². The molecule has 0 heterocycles. The number of aryl methyl sites for hydroxylation is 1. The quantitative estimate of drug-likeness (QED) is 0.834. The third-order valence-electron chi connectivity index (χ3n) is 2.42. The molecular formula is C14H14IN. The first-order valence-corrected chi connectivity index (χ1v) is 6.37. The molecule has 0 atom stereocenters. The zero-order valence-electron chi connectivity index (χ0n) is 9.20. The lowest BCUT2D eigenvalue weighted by molar-refractivity contribution is 1.14. The third-order valence-corrected chi connectivity index (χ3v) is 3.14. The van der Waals surface area contributed by atoms with Crippen molar-refractivity contribution in [3.63, 3.8) is 0 Å². The summed E-state index contributed by atoms with van der Waals surface area (Å²) in [5, 5.41) is 3.41. The number of hydrogen-bond donors (Lipinski definition) is 1. The lowest BCUT2D eigenvalue weighted by Crippen LogP contribution is -1.99. The van der Waals surface area contributed by atoms with Crippen LogP contribution in [0.1, 0.15) is 11.1 Å². The van der Waals surface area contributed by atoms with Crippen LogP contribution in [0.15, 0.2) is 48.5 Å². The Hall–Kier alpha value is -1.03. The van der Waals surface area contributed by atoms with Crippen LogP contribution < -0.4 is 5.32 Å². The van der Waals surface area contributed by atoms with E-state index in [2.05, 4.69) is 83.4 Å². The number of halogens is 1. The predicted molar refractivity (Wildman–Crippen MR) is 77.7 cm³/mol. The van der Waals surface area contributed by atoms with Gasteiger partial charge in [0.25, 0.3) is 0 Å². The fourth-order valence-corrected chi connectivity index (χ4v) is 1.95. The predicted octanol–water partition coefficient (Wildman–Crippen LogP) is 4.21. The van der Waals surface area contributed by atoms with Crippen molar-refractivity contribution >= 4 is 28.3 Å². The van der Waals surface area contributed by atoms with Crippen molar-refractivity contribution < 1.29 is 0 Å². The Morgan fingerprint density at radius 2 is 1.81 bits per heavy atom. The summed E-state index contributed by atoms with van der Waals surface area (Å²) in [5.74, 6) is 0. The van der Waals surface area contributed by atoms with Gasteiger partial charge in [0.1, 0.15) is 0 Å². The van der Waals surface area contributed by atoms with Gasteiger partial charge in [-0.3, -0.25) is 0 Å². The van der Waals surface area contributed by atoms with E-state index in [9.17, 15) is 0 Å². The molecule has 0 aromatic heterocycles. The first-order chi connectivity index (χ1) is 7.74. The van der Waals surface area contributed by atoms with Gasteiger partial charge in [-0.05, 0) is 59.3 Å². The second-order valence-electron chi connectivity index (χ2n) is 3.85. The molecule has 0 unspecified atom stereocenters. The van der Waals surface area contributed by atoms with E-state index < -0.39 is 0 Å². The Labute approximate surface area is 110 Å². The number of benzene rings is 2. The van der Waals surface area contributed by atoms with Gasteiger partial charge in [-0.25, -0.2) is 0 Å². The highest BCUT2D eigenvalue weighted by Crippen LogP contribution is 2.13. The summed E-state index contributed by atoms with van der Waals surface area (Å²) in [5.41, 5.74) is 3.79. The first kappa shape index (κ1) is 11.5. The van der Waals surface area contributed by atoms with E-state index in [1.807, 2.05) is 0 Å². The van der Waals surface area contributed by atoms with Crippen molar-refractivity contribution in [2.45, 2.75) is 13.5 Å². The van der Waals surface area contributed by atoms with Gasteiger partial charge in [0, 0.05) is 15.8 Å². The van der Waals surface area contributed by atoms with Crippen LogP contribution in [0.3, 0.4) is 0 Å². The lowest BCUT2D eigenvalue weighted by atomic mass is 10.1. The van der Waals surface area contributed by atoms with Crippen LogP contribution in [-0.2, 0) is 6.54 Å². The van der Waals surface area contributed by atoms with E-state index in [0.29, 0.717) is 0 Å². The molecule has 0 aliphatic carbocycles. The standard InChI is InChI=1S/C14H14IN/c1-11-3-2-4-12(9-11)10-16-14-7-5-13(15)6-8-14/h2-9,16H,10H2,1H3. The monoisotopic (exact) mass is 323 g/mol. The van der Waals surface area contributed by atoms with E-state index in [0.717, 1.165) is 6.54 Å². The maximum atomic E-state index is 3.41. The van der Waals surface area contributed by atoms with Crippen LogP contribution in [-0.4, -0.2) is 0 Å². The number of hydrogen-bond acceptors (Lipinski definition) is 1. The molecule has 0 bridgehead atoms. The fourth-order valence-electron chi connectivity index (χ4n) is 1.59. The zero-order chi connectivity index (χ0) is 11.4. The molecule has 0 amide bonds. The van der Waals surface area contributed by atoms with Gasteiger partial charge in [-0.2, -0.15) is 0 Å². The molecule has 1 N–H and O–H groups in total. The minimum atomic E-state index is 0.877. The topological polar surface area (TPSA) is 12.0 Å². The molecule has 0 aliphatic heterocycles. The van der Waals surface area contributed by atoms with Crippen molar-refractivity contribution in [3.05, 3.63) is 63.2 Å². The van der Waals surface area contributed by atoms with Crippen molar-refractivity contribution in [2.24, 2.45) is 0 Å². The van der Waals surface area contributed by atoms with Crippen molar-refractivity contribution in [2.75, 3.05) is 5.32 Å². The third kappa shape index (κ3) is 3.23. The van der Waals surface area contributed by atoms with Crippen LogP contribution >= 0.6 is 22.6 Å². The molecule has 16 heavy (non-hydrogen) atoms. The summed E-state index contributed by atoms with van der Waals surface area (Å²) < 4.78 is 1.26. The summed E-state index contributed by atoms with van der Waals surface area (Å²) in [7, 11) is 0. The van der Waals surface area contributed by atoms with Crippen molar-refractivity contribution in [1.82, 2.24) is 0 Å². The molecule has 0 saturated carbocycles. The Morgan fingerprint density at radius 3 is 2.50 bits per heavy atom. The minimum absolute atomic E-state index is 0.877. The first-order valence-electron chi connectivity index (χ1n) is 5.29. The number of rotatable bonds is 3. The SMILES string of the molecule is Cc1cccc(CNc2ccc(I)cc2)c1. The Morgan fingerprint density at radius 1 is 1.06 bits per heavy atom. The molecule has 82 valence electrons. The van der Waals surface area contributed by atoms with Crippen LogP contribution in [0.25, 0.3) is 0 Å². The molecule has 2 aromatic carbocycles. The number of nitrogens with one attached hydrogen (secondary N) is 1. The van der Waals surface area contributed by atoms with Crippen LogP contribution in [0.5, 0.6) is 0 Å². The molecule has 2 rings (SSSR count). The Balaban J connectivity index is 1.99. The highest BCUT2D eigenvalue weighted by atomic mass is 127. The largest absolute Gasteiger partial charge is 0.381 e. The van der Waals surface area contributed by atoms with Crippen molar-refractivity contribution in [1.29, 1.82) is 0 Å². The van der Waals surface area contributed by atoms with Crippen LogP contribution in [0, 0.1) is 10.5 Å². The lowest BCUT2D eigenvalue weighted by Gasteiger charge is -2.07. The second-order valence-corrected chi connectivity index (χ2v) is 5.10. The van der Waals surface area contributed by atoms with Crippen LogP contribution in [0.2, 0.25) is 0 Å². The molecule has 2 heteroatoms. The average molecular weight is 323 g/mol. The summed E-state index contributed by atoms with van der Waals surface area (Å²) in [6.45, 7) is 3.00. The van der Waals surface area contributed by atoms with Crippen molar-refractivity contribution in [3.8, 4) is 0 Å². The Bertz CT molecular complexity index is 462. The Kier molecular flexibility index (Phi) is 3.83. The highest BCUT2D eigenvalue weighted by molar-refractivity contribution is 14.1. The maximum absolute atomic E-state index is 3.41. The average Bonchev–Trinajstić information content (AvgIpc) is 2.28. The van der Waals surface area contributed by atoms with E-state index in [1.54, 1.807) is 0 Å². The molecule has 0 radical (unpaired) electrons. The van der Waals surface area contributed by atoms with E-state index in [1.165, 1.54) is 20.4 Å². The molecule has 0 fully saturated rings. The van der Waals surface area contributed by atoms with E-state index >= 15 is 0 Å².